The van der Waals surface area contributed by atoms with Crippen LogP contribution in [-0.2, 0) is 21.4 Å². The normalized spacial score (nSPS) is 11.4. The summed E-state index contributed by atoms with van der Waals surface area (Å²) in [5, 5.41) is 0. The second-order valence-electron chi connectivity index (χ2n) is 5.39. The first-order valence-corrected chi connectivity index (χ1v) is 9.32. The van der Waals surface area contributed by atoms with Gasteiger partial charge >= 0.3 is 0 Å². The molecular weight excluding hydrogens is 300 g/mol. The summed E-state index contributed by atoms with van der Waals surface area (Å²) in [4.78, 5) is 11.8. The number of unbranched alkanes of at least 4 members (excludes halogenated alkanes) is 5. The maximum atomic E-state index is 12.1. The second-order valence-corrected chi connectivity index (χ2v) is 7.08. The maximum absolute atomic E-state index is 12.1. The summed E-state index contributed by atoms with van der Waals surface area (Å²) in [6.07, 6.45) is 6.57. The molecule has 1 rings (SSSR count). The lowest BCUT2D eigenvalue weighted by Gasteiger charge is -2.07. The molecule has 0 aliphatic heterocycles. The van der Waals surface area contributed by atoms with Gasteiger partial charge in [-0.25, -0.2) is 13.1 Å². The molecule has 1 aromatic rings. The van der Waals surface area contributed by atoms with E-state index in [9.17, 15) is 13.2 Å². The monoisotopic (exact) mass is 326 g/mol. The highest BCUT2D eigenvalue weighted by Gasteiger charge is 2.16. The van der Waals surface area contributed by atoms with Gasteiger partial charge in [-0.1, -0.05) is 51.2 Å². The van der Waals surface area contributed by atoms with Crippen molar-refractivity contribution in [2.45, 2.75) is 63.3 Å². The molecule has 0 saturated carbocycles. The molecule has 0 fully saturated rings. The van der Waals surface area contributed by atoms with Gasteiger partial charge in [0.15, 0.2) is 0 Å². The Bertz CT molecular complexity index is 553. The van der Waals surface area contributed by atoms with Crippen LogP contribution in [-0.4, -0.2) is 14.3 Å². The quantitative estimate of drug-likeness (QED) is 0.647. The number of amides is 1. The maximum Gasteiger partial charge on any atom is 0.264 e. The molecule has 3 N–H and O–H groups in total. The Labute approximate surface area is 133 Å². The van der Waals surface area contributed by atoms with E-state index >= 15 is 0 Å². The number of sulfonamides is 1. The number of hydrogen-bond donors (Lipinski definition) is 2. The Kier molecular flexibility index (Phi) is 8.12. The predicted molar refractivity (Wildman–Crippen MR) is 87.7 cm³/mol. The fourth-order valence-corrected chi connectivity index (χ4v) is 3.14. The van der Waals surface area contributed by atoms with Crippen molar-refractivity contribution >= 4 is 15.9 Å². The highest BCUT2D eigenvalue weighted by Crippen LogP contribution is 2.11. The molecule has 5 nitrogen and oxygen atoms in total. The van der Waals surface area contributed by atoms with Crippen LogP contribution in [0.5, 0.6) is 0 Å². The Hall–Kier alpha value is -1.40. The van der Waals surface area contributed by atoms with Gasteiger partial charge in [0, 0.05) is 13.0 Å². The number of nitrogens with two attached hydrogens (primary N) is 1. The molecule has 0 bridgehead atoms. The number of nitrogens with one attached hydrogen (secondary N) is 1. The Balaban J connectivity index is 2.41. The highest BCUT2D eigenvalue weighted by atomic mass is 32.2. The fourth-order valence-electron chi connectivity index (χ4n) is 2.13. The van der Waals surface area contributed by atoms with Crippen molar-refractivity contribution in [2.24, 2.45) is 5.73 Å². The molecule has 124 valence electrons. The van der Waals surface area contributed by atoms with Crippen molar-refractivity contribution in [1.29, 1.82) is 0 Å². The zero-order chi connectivity index (χ0) is 16.4. The van der Waals surface area contributed by atoms with Gasteiger partial charge in [-0.2, -0.15) is 0 Å². The highest BCUT2D eigenvalue weighted by molar-refractivity contribution is 7.90. The molecule has 0 saturated heterocycles. The lowest BCUT2D eigenvalue weighted by Crippen LogP contribution is -2.30. The molecule has 1 aromatic carbocycles. The molecular formula is C16H26N2O3S. The van der Waals surface area contributed by atoms with Crippen LogP contribution >= 0.6 is 0 Å². The summed E-state index contributed by atoms with van der Waals surface area (Å²) in [6, 6.07) is 6.21. The Morgan fingerprint density at radius 1 is 1.05 bits per heavy atom. The zero-order valence-electron chi connectivity index (χ0n) is 13.2. The lowest BCUT2D eigenvalue weighted by atomic mass is 10.1. The standard InChI is InChI=1S/C16H26N2O3S/c1-2-3-4-5-6-7-8-16(19)18-22(20,21)15-11-9-14(13-17)10-12-15/h9-12H,2-8,13,17H2,1H3,(H,18,19). The number of hydrogen-bond acceptors (Lipinski definition) is 4. The molecule has 0 aromatic heterocycles. The van der Waals surface area contributed by atoms with Gasteiger partial charge in [0.25, 0.3) is 10.0 Å². The first-order chi connectivity index (χ1) is 10.5. The first kappa shape index (κ1) is 18.6. The molecule has 0 radical (unpaired) electrons. The topological polar surface area (TPSA) is 89.3 Å². The molecule has 22 heavy (non-hydrogen) atoms. The second kappa shape index (κ2) is 9.58. The largest absolute Gasteiger partial charge is 0.326 e. The van der Waals surface area contributed by atoms with Gasteiger partial charge in [0.1, 0.15) is 0 Å². The first-order valence-electron chi connectivity index (χ1n) is 7.84. The minimum absolute atomic E-state index is 0.0843. The van der Waals surface area contributed by atoms with Crippen molar-refractivity contribution in [2.75, 3.05) is 0 Å². The summed E-state index contributed by atoms with van der Waals surface area (Å²) in [5.41, 5.74) is 6.31. The molecule has 0 aliphatic rings. The SMILES string of the molecule is CCCCCCCCC(=O)NS(=O)(=O)c1ccc(CN)cc1. The Morgan fingerprint density at radius 2 is 1.64 bits per heavy atom. The van der Waals surface area contributed by atoms with Crippen LogP contribution in [0.25, 0.3) is 0 Å². The molecule has 0 unspecified atom stereocenters. The third-order valence-electron chi connectivity index (χ3n) is 3.47. The number of benzene rings is 1. The van der Waals surface area contributed by atoms with Crippen molar-refractivity contribution in [3.8, 4) is 0 Å². The van der Waals surface area contributed by atoms with E-state index in [0.29, 0.717) is 6.54 Å². The van der Waals surface area contributed by atoms with E-state index in [4.69, 9.17) is 5.73 Å². The number of carbonyl (C=O) groups excluding carboxylic acids is 1. The van der Waals surface area contributed by atoms with Crippen LogP contribution in [0, 0.1) is 0 Å². The zero-order valence-corrected chi connectivity index (χ0v) is 14.0. The van der Waals surface area contributed by atoms with Crippen LogP contribution < -0.4 is 10.5 Å². The summed E-state index contributed by atoms with van der Waals surface area (Å²) in [7, 11) is -3.78. The summed E-state index contributed by atoms with van der Waals surface area (Å²) in [6.45, 7) is 2.50. The molecule has 0 aliphatic carbocycles. The van der Waals surface area contributed by atoms with Gasteiger partial charge in [0.05, 0.1) is 4.90 Å². The van der Waals surface area contributed by atoms with E-state index < -0.39 is 15.9 Å². The van der Waals surface area contributed by atoms with E-state index in [-0.39, 0.29) is 11.3 Å². The number of rotatable bonds is 10. The Morgan fingerprint density at radius 3 is 2.23 bits per heavy atom. The van der Waals surface area contributed by atoms with Crippen molar-refractivity contribution < 1.29 is 13.2 Å². The minimum atomic E-state index is -3.78. The van der Waals surface area contributed by atoms with Gasteiger partial charge in [-0.3, -0.25) is 4.79 Å². The third kappa shape index (κ3) is 6.58. The van der Waals surface area contributed by atoms with Crippen LogP contribution in [0.4, 0.5) is 0 Å². The van der Waals surface area contributed by atoms with Crippen LogP contribution in [0.1, 0.15) is 57.4 Å². The average Bonchev–Trinajstić information content (AvgIpc) is 2.50. The molecule has 1 amide bonds. The van der Waals surface area contributed by atoms with Crippen LogP contribution in [0.15, 0.2) is 29.2 Å². The smallest absolute Gasteiger partial charge is 0.264 e. The van der Waals surface area contributed by atoms with Crippen molar-refractivity contribution in [3.63, 3.8) is 0 Å². The summed E-state index contributed by atoms with van der Waals surface area (Å²) in [5.74, 6) is -0.446. The molecule has 0 atom stereocenters. The molecule has 6 heteroatoms. The lowest BCUT2D eigenvalue weighted by molar-refractivity contribution is -0.119. The minimum Gasteiger partial charge on any atom is -0.326 e. The van der Waals surface area contributed by atoms with Gasteiger partial charge < -0.3 is 5.73 Å². The summed E-state index contributed by atoms with van der Waals surface area (Å²) < 4.78 is 26.2. The van der Waals surface area contributed by atoms with E-state index in [1.54, 1.807) is 12.1 Å². The van der Waals surface area contributed by atoms with E-state index in [2.05, 4.69) is 11.6 Å². The van der Waals surface area contributed by atoms with Crippen LogP contribution in [0.2, 0.25) is 0 Å². The number of carbonyl (C=O) groups is 1. The summed E-state index contributed by atoms with van der Waals surface area (Å²) >= 11 is 0. The van der Waals surface area contributed by atoms with Crippen molar-refractivity contribution in [1.82, 2.24) is 4.72 Å². The van der Waals surface area contributed by atoms with Gasteiger partial charge in [-0.05, 0) is 24.1 Å². The molecule has 0 heterocycles. The molecule has 0 spiro atoms. The van der Waals surface area contributed by atoms with Gasteiger partial charge in [-0.15, -0.1) is 0 Å². The van der Waals surface area contributed by atoms with E-state index in [1.807, 2.05) is 0 Å². The third-order valence-corrected chi connectivity index (χ3v) is 4.86. The van der Waals surface area contributed by atoms with E-state index in [0.717, 1.165) is 24.8 Å². The van der Waals surface area contributed by atoms with Gasteiger partial charge in [0.2, 0.25) is 5.91 Å². The van der Waals surface area contributed by atoms with Crippen molar-refractivity contribution in [3.05, 3.63) is 29.8 Å². The van der Waals surface area contributed by atoms with E-state index in [1.165, 1.54) is 31.4 Å². The predicted octanol–water partition coefficient (Wildman–Crippen LogP) is 2.70. The fraction of sp³-hybridized carbons (Fsp3) is 0.562. The van der Waals surface area contributed by atoms with Crippen LogP contribution in [0.3, 0.4) is 0 Å². The average molecular weight is 326 g/mol.